The molecule has 2 rings (SSSR count). The van der Waals surface area contributed by atoms with Gasteiger partial charge in [0.25, 0.3) is 0 Å². The Morgan fingerprint density at radius 3 is 2.59 bits per heavy atom. The summed E-state index contributed by atoms with van der Waals surface area (Å²) in [6, 6.07) is 8.80. The van der Waals surface area contributed by atoms with E-state index in [1.165, 1.54) is 24.0 Å². The molecule has 4 heteroatoms. The SMILES string of the molecule is CCCCCC(CO)c1ccc(C2C(Cl)CC[C@@H]2C/C=C\CCCC(=O)O)cc1. The lowest BCUT2D eigenvalue weighted by atomic mass is 9.85. The fourth-order valence-corrected chi connectivity index (χ4v) is 5.00. The molecule has 1 aromatic carbocycles. The highest BCUT2D eigenvalue weighted by Gasteiger charge is 2.35. The minimum atomic E-state index is -0.725. The Kier molecular flexibility index (Phi) is 10.8. The van der Waals surface area contributed by atoms with E-state index in [9.17, 15) is 9.90 Å². The molecule has 3 unspecified atom stereocenters. The molecule has 1 aliphatic rings. The first kappa shape index (κ1) is 24.0. The van der Waals surface area contributed by atoms with Crippen LogP contribution in [0.5, 0.6) is 0 Å². The van der Waals surface area contributed by atoms with Crippen molar-refractivity contribution in [2.45, 2.75) is 88.3 Å². The number of carboxylic acid groups (broad SMARTS) is 1. The largest absolute Gasteiger partial charge is 0.481 e. The first-order chi connectivity index (χ1) is 14.1. The van der Waals surface area contributed by atoms with Gasteiger partial charge < -0.3 is 10.2 Å². The summed E-state index contributed by atoms with van der Waals surface area (Å²) in [5.41, 5.74) is 2.53. The Bertz CT molecular complexity index is 625. The van der Waals surface area contributed by atoms with Crippen molar-refractivity contribution in [2.75, 3.05) is 6.61 Å². The summed E-state index contributed by atoms with van der Waals surface area (Å²) in [6.07, 6.45) is 13.9. The predicted molar refractivity (Wildman–Crippen MR) is 121 cm³/mol. The van der Waals surface area contributed by atoms with Gasteiger partial charge in [-0.2, -0.15) is 0 Å². The summed E-state index contributed by atoms with van der Waals surface area (Å²) < 4.78 is 0. The van der Waals surface area contributed by atoms with E-state index in [2.05, 4.69) is 43.3 Å². The zero-order valence-electron chi connectivity index (χ0n) is 17.7. The van der Waals surface area contributed by atoms with Crippen LogP contribution < -0.4 is 0 Å². The van der Waals surface area contributed by atoms with Crippen molar-refractivity contribution < 1.29 is 15.0 Å². The number of allylic oxidation sites excluding steroid dienone is 2. The van der Waals surface area contributed by atoms with Crippen molar-refractivity contribution in [1.29, 1.82) is 0 Å². The maximum Gasteiger partial charge on any atom is 0.303 e. The van der Waals surface area contributed by atoms with E-state index in [4.69, 9.17) is 16.7 Å². The summed E-state index contributed by atoms with van der Waals surface area (Å²) in [7, 11) is 0. The molecule has 0 bridgehead atoms. The van der Waals surface area contributed by atoms with Crippen LogP contribution in [0.2, 0.25) is 0 Å². The Hall–Kier alpha value is -1.32. The third-order valence-corrected chi connectivity index (χ3v) is 6.74. The van der Waals surface area contributed by atoms with E-state index in [0.29, 0.717) is 18.3 Å². The topological polar surface area (TPSA) is 57.5 Å². The highest BCUT2D eigenvalue weighted by atomic mass is 35.5. The van der Waals surface area contributed by atoms with E-state index < -0.39 is 5.97 Å². The second-order valence-electron chi connectivity index (χ2n) is 8.41. The molecule has 162 valence electrons. The maximum atomic E-state index is 10.6. The van der Waals surface area contributed by atoms with Crippen molar-refractivity contribution >= 4 is 17.6 Å². The van der Waals surface area contributed by atoms with Gasteiger partial charge in [0, 0.05) is 30.2 Å². The Labute approximate surface area is 181 Å². The van der Waals surface area contributed by atoms with Crippen LogP contribution in [0.15, 0.2) is 36.4 Å². The number of rotatable bonds is 13. The van der Waals surface area contributed by atoms with Gasteiger partial charge in [0.1, 0.15) is 0 Å². The molecule has 29 heavy (non-hydrogen) atoms. The minimum absolute atomic E-state index is 0.171. The molecule has 0 aliphatic heterocycles. The van der Waals surface area contributed by atoms with Crippen LogP contribution in [-0.2, 0) is 4.79 Å². The van der Waals surface area contributed by atoms with Crippen LogP contribution in [-0.4, -0.2) is 28.2 Å². The molecule has 1 aromatic rings. The zero-order chi connectivity index (χ0) is 21.1. The van der Waals surface area contributed by atoms with Crippen molar-refractivity contribution in [1.82, 2.24) is 0 Å². The zero-order valence-corrected chi connectivity index (χ0v) is 18.5. The molecule has 1 fully saturated rings. The van der Waals surface area contributed by atoms with Crippen molar-refractivity contribution in [3.63, 3.8) is 0 Å². The molecule has 0 aromatic heterocycles. The number of carbonyl (C=O) groups is 1. The lowest BCUT2D eigenvalue weighted by molar-refractivity contribution is -0.137. The Morgan fingerprint density at radius 1 is 1.17 bits per heavy atom. The van der Waals surface area contributed by atoms with Crippen LogP contribution in [0.4, 0.5) is 0 Å². The van der Waals surface area contributed by atoms with Crippen molar-refractivity contribution in [3.8, 4) is 0 Å². The molecule has 3 nitrogen and oxygen atoms in total. The predicted octanol–water partition coefficient (Wildman–Crippen LogP) is 6.65. The fourth-order valence-electron chi connectivity index (χ4n) is 4.53. The molecule has 0 spiro atoms. The Morgan fingerprint density at radius 2 is 1.93 bits per heavy atom. The van der Waals surface area contributed by atoms with Gasteiger partial charge in [-0.05, 0) is 55.6 Å². The van der Waals surface area contributed by atoms with Crippen LogP contribution >= 0.6 is 11.6 Å². The fraction of sp³-hybridized carbons (Fsp3) is 0.640. The monoisotopic (exact) mass is 420 g/mol. The molecule has 0 saturated heterocycles. The number of alkyl halides is 1. The number of aliphatic hydroxyl groups is 1. The highest BCUT2D eigenvalue weighted by molar-refractivity contribution is 6.21. The summed E-state index contributed by atoms with van der Waals surface area (Å²) >= 11 is 6.69. The van der Waals surface area contributed by atoms with Gasteiger partial charge in [0.05, 0.1) is 0 Å². The van der Waals surface area contributed by atoms with Crippen LogP contribution in [0.1, 0.15) is 94.1 Å². The second-order valence-corrected chi connectivity index (χ2v) is 8.97. The number of unbranched alkanes of at least 4 members (excludes halogenated alkanes) is 3. The van der Waals surface area contributed by atoms with E-state index in [1.54, 1.807) is 0 Å². The van der Waals surface area contributed by atoms with E-state index in [0.717, 1.165) is 38.5 Å². The van der Waals surface area contributed by atoms with Crippen molar-refractivity contribution in [2.24, 2.45) is 5.92 Å². The molecule has 1 aliphatic carbocycles. The van der Waals surface area contributed by atoms with E-state index >= 15 is 0 Å². The molecule has 1 saturated carbocycles. The lowest BCUT2D eigenvalue weighted by Crippen LogP contribution is -2.13. The number of carboxylic acids is 1. The highest BCUT2D eigenvalue weighted by Crippen LogP contribution is 2.45. The smallest absolute Gasteiger partial charge is 0.303 e. The second kappa shape index (κ2) is 13.1. The van der Waals surface area contributed by atoms with Gasteiger partial charge in [-0.25, -0.2) is 0 Å². The van der Waals surface area contributed by atoms with Gasteiger partial charge in [0.15, 0.2) is 0 Å². The number of benzene rings is 1. The molecule has 0 amide bonds. The first-order valence-electron chi connectivity index (χ1n) is 11.3. The minimum Gasteiger partial charge on any atom is -0.481 e. The van der Waals surface area contributed by atoms with Gasteiger partial charge in [0.2, 0.25) is 0 Å². The number of hydrogen-bond donors (Lipinski definition) is 2. The summed E-state index contributed by atoms with van der Waals surface area (Å²) in [4.78, 5) is 10.6. The van der Waals surface area contributed by atoms with Crippen molar-refractivity contribution in [3.05, 3.63) is 47.5 Å². The normalized spacial score (nSPS) is 22.9. The number of hydrogen-bond acceptors (Lipinski definition) is 2. The number of halogens is 1. The third-order valence-electron chi connectivity index (χ3n) is 6.25. The molecule has 0 radical (unpaired) electrons. The average Bonchev–Trinajstić information content (AvgIpc) is 3.08. The quantitative estimate of drug-likeness (QED) is 0.213. The van der Waals surface area contributed by atoms with Crippen LogP contribution in [0.25, 0.3) is 0 Å². The number of aliphatic hydroxyl groups excluding tert-OH is 1. The maximum absolute atomic E-state index is 10.6. The van der Waals surface area contributed by atoms with Gasteiger partial charge in [-0.1, -0.05) is 62.6 Å². The van der Waals surface area contributed by atoms with E-state index in [1.807, 2.05) is 0 Å². The Balaban J connectivity index is 1.94. The van der Waals surface area contributed by atoms with Crippen LogP contribution in [0.3, 0.4) is 0 Å². The standard InChI is InChI=1S/C25H37ClO3/c1-2-3-6-10-22(18-27)19-12-14-21(15-13-19)25-20(16-17-23(25)26)9-7-4-5-8-11-24(28)29/h4,7,12-15,20,22-23,25,27H,2-3,5-6,8-11,16-18H2,1H3,(H,28,29)/b7-4-/t20-,22?,23?,25?/m0/s1. The molecule has 2 N–H and O–H groups in total. The lowest BCUT2D eigenvalue weighted by Gasteiger charge is -2.23. The third kappa shape index (κ3) is 7.79. The van der Waals surface area contributed by atoms with Crippen LogP contribution in [0, 0.1) is 5.92 Å². The average molecular weight is 421 g/mol. The van der Waals surface area contributed by atoms with E-state index in [-0.39, 0.29) is 24.3 Å². The summed E-state index contributed by atoms with van der Waals surface area (Å²) in [5, 5.41) is 18.6. The van der Waals surface area contributed by atoms with Gasteiger partial charge in [-0.15, -0.1) is 11.6 Å². The summed E-state index contributed by atoms with van der Waals surface area (Å²) in [5.74, 6) is 0.409. The van der Waals surface area contributed by atoms with Gasteiger partial charge >= 0.3 is 5.97 Å². The molecular formula is C25H37ClO3. The molecular weight excluding hydrogens is 384 g/mol. The molecule has 0 heterocycles. The first-order valence-corrected chi connectivity index (χ1v) is 11.7. The van der Waals surface area contributed by atoms with Gasteiger partial charge in [-0.3, -0.25) is 4.79 Å². The number of aliphatic carboxylic acids is 1. The molecule has 4 atom stereocenters. The summed E-state index contributed by atoms with van der Waals surface area (Å²) in [6.45, 7) is 2.41.